The summed E-state index contributed by atoms with van der Waals surface area (Å²) in [5, 5.41) is 1.12. The zero-order valence-corrected chi connectivity index (χ0v) is 23.4. The second-order valence-electron chi connectivity index (χ2n) is 12.4. The molecule has 4 heteroatoms. The van der Waals surface area contributed by atoms with Crippen LogP contribution in [0.2, 0.25) is 0 Å². The Balaban J connectivity index is 1.78. The Morgan fingerprint density at radius 1 is 0.972 bits per heavy atom. The highest BCUT2D eigenvalue weighted by Gasteiger charge is 2.32. The molecule has 2 atom stereocenters. The highest BCUT2D eigenvalue weighted by Crippen LogP contribution is 2.30. The highest BCUT2D eigenvalue weighted by atomic mass is 16.6. The van der Waals surface area contributed by atoms with Gasteiger partial charge in [-0.25, -0.2) is 4.79 Å². The number of H-pyrrole nitrogens is 1. The van der Waals surface area contributed by atoms with Crippen LogP contribution in [0.15, 0.2) is 59.7 Å². The predicted octanol–water partition coefficient (Wildman–Crippen LogP) is 7.91. The number of esters is 1. The SMILES string of the molecule is CC(/C=N/C(Cc1c[nH]c2ccccc12)C(=O)OC(C)(C)CC(C)(C)C)Cc1ccc(C(C)C)cc1. The lowest BCUT2D eigenvalue weighted by atomic mass is 9.83. The first-order valence-corrected chi connectivity index (χ1v) is 13.2. The zero-order valence-electron chi connectivity index (χ0n) is 23.4. The zero-order chi connectivity index (χ0) is 26.5. The minimum atomic E-state index is -0.589. The normalized spacial score (nSPS) is 14.5. The van der Waals surface area contributed by atoms with Gasteiger partial charge in [0, 0.05) is 29.7 Å². The van der Waals surface area contributed by atoms with Crippen molar-refractivity contribution >= 4 is 23.1 Å². The number of carbonyl (C=O) groups excluding carboxylic acids is 1. The number of benzene rings is 2. The summed E-state index contributed by atoms with van der Waals surface area (Å²) in [7, 11) is 0. The van der Waals surface area contributed by atoms with Gasteiger partial charge in [0.05, 0.1) is 0 Å². The quantitative estimate of drug-likeness (QED) is 0.233. The molecule has 36 heavy (non-hydrogen) atoms. The number of para-hydroxylation sites is 1. The molecule has 0 radical (unpaired) electrons. The van der Waals surface area contributed by atoms with E-state index in [0.717, 1.165) is 29.3 Å². The highest BCUT2D eigenvalue weighted by molar-refractivity contribution is 5.85. The van der Waals surface area contributed by atoms with Gasteiger partial charge in [0.1, 0.15) is 5.60 Å². The molecule has 1 heterocycles. The Morgan fingerprint density at radius 2 is 1.64 bits per heavy atom. The van der Waals surface area contributed by atoms with Crippen molar-refractivity contribution in [3.63, 3.8) is 0 Å². The van der Waals surface area contributed by atoms with Gasteiger partial charge in [-0.2, -0.15) is 0 Å². The van der Waals surface area contributed by atoms with E-state index < -0.39 is 11.6 Å². The molecule has 0 aliphatic heterocycles. The number of nitrogens with one attached hydrogen (secondary N) is 1. The van der Waals surface area contributed by atoms with Crippen LogP contribution in [0.5, 0.6) is 0 Å². The maximum Gasteiger partial charge on any atom is 0.331 e. The Morgan fingerprint density at radius 3 is 2.28 bits per heavy atom. The standard InChI is InChI=1S/C32H44N2O2/c1-22(2)25-15-13-24(14-16-25)17-23(3)19-33-29(30(35)36-32(7,8)21-31(4,5)6)18-26-20-34-28-12-10-9-11-27(26)28/h9-16,19-20,22-23,29,34H,17-18,21H2,1-8H3/b33-19+. The van der Waals surface area contributed by atoms with E-state index in [1.54, 1.807) is 0 Å². The Bertz CT molecular complexity index is 1160. The topological polar surface area (TPSA) is 54.5 Å². The summed E-state index contributed by atoms with van der Waals surface area (Å²) in [6.07, 6.45) is 6.08. The molecule has 0 bridgehead atoms. The van der Waals surface area contributed by atoms with Crippen molar-refractivity contribution in [2.24, 2.45) is 16.3 Å². The first-order valence-electron chi connectivity index (χ1n) is 13.2. The fourth-order valence-electron chi connectivity index (χ4n) is 5.07. The molecule has 3 rings (SSSR count). The van der Waals surface area contributed by atoms with Crippen molar-refractivity contribution in [3.05, 3.63) is 71.4 Å². The number of hydrogen-bond acceptors (Lipinski definition) is 3. The third-order valence-electron chi connectivity index (χ3n) is 6.42. The summed E-state index contributed by atoms with van der Waals surface area (Å²) in [6.45, 7) is 17.0. The third-order valence-corrected chi connectivity index (χ3v) is 6.42. The molecule has 0 fully saturated rings. The van der Waals surface area contributed by atoms with Crippen LogP contribution in [0.1, 0.15) is 84.4 Å². The van der Waals surface area contributed by atoms with Gasteiger partial charge in [-0.15, -0.1) is 0 Å². The smallest absolute Gasteiger partial charge is 0.331 e. The summed E-state index contributed by atoms with van der Waals surface area (Å²) in [6, 6.07) is 16.4. The van der Waals surface area contributed by atoms with E-state index in [0.29, 0.717) is 12.3 Å². The lowest BCUT2D eigenvalue weighted by Crippen LogP contribution is -2.37. The van der Waals surface area contributed by atoms with E-state index in [9.17, 15) is 4.79 Å². The van der Waals surface area contributed by atoms with Crippen LogP contribution in [0.25, 0.3) is 10.9 Å². The lowest BCUT2D eigenvalue weighted by molar-refractivity contribution is -0.160. The van der Waals surface area contributed by atoms with Crippen molar-refractivity contribution in [3.8, 4) is 0 Å². The number of fused-ring (bicyclic) bond motifs is 1. The largest absolute Gasteiger partial charge is 0.458 e. The summed E-state index contributed by atoms with van der Waals surface area (Å²) in [5.74, 6) is 0.465. The van der Waals surface area contributed by atoms with E-state index in [2.05, 4.69) is 82.9 Å². The second kappa shape index (κ2) is 11.5. The van der Waals surface area contributed by atoms with Crippen LogP contribution in [-0.2, 0) is 22.4 Å². The van der Waals surface area contributed by atoms with E-state index in [1.807, 2.05) is 38.4 Å². The van der Waals surface area contributed by atoms with Crippen LogP contribution >= 0.6 is 0 Å². The van der Waals surface area contributed by atoms with E-state index in [-0.39, 0.29) is 17.3 Å². The van der Waals surface area contributed by atoms with E-state index in [4.69, 9.17) is 9.73 Å². The summed E-state index contributed by atoms with van der Waals surface area (Å²) >= 11 is 0. The minimum Gasteiger partial charge on any atom is -0.458 e. The van der Waals surface area contributed by atoms with Crippen LogP contribution < -0.4 is 0 Å². The number of rotatable bonds is 10. The molecule has 0 aliphatic rings. The first-order chi connectivity index (χ1) is 16.8. The van der Waals surface area contributed by atoms with Gasteiger partial charge in [0.25, 0.3) is 0 Å². The fraction of sp³-hybridized carbons (Fsp3) is 0.500. The van der Waals surface area contributed by atoms with Gasteiger partial charge in [0.2, 0.25) is 0 Å². The molecule has 0 saturated carbocycles. The average Bonchev–Trinajstić information content (AvgIpc) is 3.17. The predicted molar refractivity (Wildman–Crippen MR) is 152 cm³/mol. The van der Waals surface area contributed by atoms with Gasteiger partial charge >= 0.3 is 5.97 Å². The van der Waals surface area contributed by atoms with Crippen LogP contribution in [0.3, 0.4) is 0 Å². The maximum absolute atomic E-state index is 13.4. The van der Waals surface area contributed by atoms with Gasteiger partial charge in [-0.1, -0.05) is 84.0 Å². The van der Waals surface area contributed by atoms with Crippen molar-refractivity contribution in [2.75, 3.05) is 0 Å². The Labute approximate surface area is 217 Å². The molecule has 1 aromatic heterocycles. The van der Waals surface area contributed by atoms with Gasteiger partial charge in [-0.05, 0) is 66.7 Å². The number of aromatic nitrogens is 1. The van der Waals surface area contributed by atoms with Crippen LogP contribution in [-0.4, -0.2) is 28.8 Å². The molecular formula is C32H44N2O2. The van der Waals surface area contributed by atoms with Gasteiger partial charge in [-0.3, -0.25) is 4.99 Å². The number of ether oxygens (including phenoxy) is 1. The molecule has 2 unspecified atom stereocenters. The maximum atomic E-state index is 13.4. The van der Waals surface area contributed by atoms with Crippen LogP contribution in [0, 0.1) is 11.3 Å². The summed E-state index contributed by atoms with van der Waals surface area (Å²) in [5.41, 5.74) is 4.26. The number of hydrogen-bond donors (Lipinski definition) is 1. The molecular weight excluding hydrogens is 444 g/mol. The number of carbonyl (C=O) groups is 1. The third kappa shape index (κ3) is 8.08. The van der Waals surface area contributed by atoms with E-state index in [1.165, 1.54) is 11.1 Å². The molecule has 4 nitrogen and oxygen atoms in total. The van der Waals surface area contributed by atoms with Gasteiger partial charge < -0.3 is 9.72 Å². The molecule has 3 aromatic rings. The molecule has 0 aliphatic carbocycles. The number of nitrogens with zero attached hydrogens (tertiary/aromatic N) is 1. The fourth-order valence-corrected chi connectivity index (χ4v) is 5.07. The Kier molecular flexibility index (Phi) is 8.81. The van der Waals surface area contributed by atoms with Crippen molar-refractivity contribution < 1.29 is 9.53 Å². The minimum absolute atomic E-state index is 0.0546. The molecule has 2 aromatic carbocycles. The van der Waals surface area contributed by atoms with Gasteiger partial charge in [0.15, 0.2) is 6.04 Å². The molecule has 0 amide bonds. The van der Waals surface area contributed by atoms with E-state index >= 15 is 0 Å². The second-order valence-corrected chi connectivity index (χ2v) is 12.4. The van der Waals surface area contributed by atoms with Crippen molar-refractivity contribution in [2.45, 2.75) is 92.2 Å². The summed E-state index contributed by atoms with van der Waals surface area (Å²) < 4.78 is 6.06. The molecule has 1 N–H and O–H groups in total. The van der Waals surface area contributed by atoms with Crippen molar-refractivity contribution in [1.29, 1.82) is 0 Å². The number of aromatic amines is 1. The molecule has 0 spiro atoms. The number of aliphatic imine (C=N–C) groups is 1. The molecule has 194 valence electrons. The monoisotopic (exact) mass is 488 g/mol. The average molecular weight is 489 g/mol. The lowest BCUT2D eigenvalue weighted by Gasteiger charge is -2.33. The first kappa shape index (κ1) is 27.7. The van der Waals surface area contributed by atoms with Crippen LogP contribution in [0.4, 0.5) is 0 Å². The van der Waals surface area contributed by atoms with Crippen molar-refractivity contribution in [1.82, 2.24) is 4.98 Å². The molecule has 0 saturated heterocycles. The summed E-state index contributed by atoms with van der Waals surface area (Å²) in [4.78, 5) is 21.6. The Hall–Kier alpha value is -2.88.